The summed E-state index contributed by atoms with van der Waals surface area (Å²) in [4.78, 5) is 17.6. The second-order valence-corrected chi connectivity index (χ2v) is 8.29. The molecule has 0 atom stereocenters. The molecule has 0 aliphatic carbocycles. The Kier molecular flexibility index (Phi) is 5.25. The summed E-state index contributed by atoms with van der Waals surface area (Å²) in [5.74, 6) is 0.177. The number of carbonyl (C=O) groups excluding carboxylic acids is 1. The van der Waals surface area contributed by atoms with Crippen LogP contribution in [0.1, 0.15) is 15.3 Å². The molecule has 1 aliphatic rings. The van der Waals surface area contributed by atoms with E-state index in [1.807, 2.05) is 41.1 Å². The first-order valence-electron chi connectivity index (χ1n) is 8.57. The van der Waals surface area contributed by atoms with Crippen molar-refractivity contribution in [1.29, 1.82) is 0 Å². The van der Waals surface area contributed by atoms with Gasteiger partial charge in [-0.3, -0.25) is 9.69 Å². The normalized spacial score (nSPS) is 18.7. The van der Waals surface area contributed by atoms with Gasteiger partial charge in [0.25, 0.3) is 0 Å². The number of hydrogen-bond donors (Lipinski definition) is 0. The van der Waals surface area contributed by atoms with E-state index in [-0.39, 0.29) is 5.78 Å². The smallest absolute Gasteiger partial charge is 0.187 e. The Bertz CT molecular complexity index is 866. The van der Waals surface area contributed by atoms with Crippen molar-refractivity contribution < 1.29 is 4.79 Å². The Hall–Kier alpha value is -2.27. The van der Waals surface area contributed by atoms with Crippen molar-refractivity contribution in [3.05, 3.63) is 91.8 Å². The number of carbonyl (C=O) groups is 1. The van der Waals surface area contributed by atoms with Crippen LogP contribution in [0.4, 0.5) is 0 Å². The fourth-order valence-corrected chi connectivity index (χ4v) is 4.52. The summed E-state index contributed by atoms with van der Waals surface area (Å²) in [6, 6.07) is 18.6. The third-order valence-corrected chi connectivity index (χ3v) is 5.98. The number of piperidine rings is 1. The predicted molar refractivity (Wildman–Crippen MR) is 111 cm³/mol. The average molecular weight is 378 g/mol. The number of benzene rings is 1. The Balaban J connectivity index is 1.64. The fourth-order valence-electron chi connectivity index (χ4n) is 3.15. The maximum Gasteiger partial charge on any atom is 0.187 e. The SMILES string of the molecule is O=C1/C(=C/c2cccs2)CN(Cc2ccccc2)C/C1=C\c1cccs1. The first-order chi connectivity index (χ1) is 12.8. The zero-order chi connectivity index (χ0) is 17.8. The van der Waals surface area contributed by atoms with E-state index in [2.05, 4.69) is 41.3 Å². The van der Waals surface area contributed by atoms with Gasteiger partial charge >= 0.3 is 0 Å². The lowest BCUT2D eigenvalue weighted by molar-refractivity contribution is -0.113. The molecular weight excluding hydrogens is 358 g/mol. The summed E-state index contributed by atoms with van der Waals surface area (Å²) >= 11 is 3.33. The van der Waals surface area contributed by atoms with E-state index in [9.17, 15) is 4.79 Å². The van der Waals surface area contributed by atoms with Gasteiger partial charge < -0.3 is 0 Å². The van der Waals surface area contributed by atoms with E-state index in [1.54, 1.807) is 22.7 Å². The first kappa shape index (κ1) is 17.2. The Morgan fingerprint density at radius 1 is 0.808 bits per heavy atom. The summed E-state index contributed by atoms with van der Waals surface area (Å²) in [6.45, 7) is 2.22. The molecule has 1 aliphatic heterocycles. The van der Waals surface area contributed by atoms with Crippen molar-refractivity contribution in [1.82, 2.24) is 4.90 Å². The second kappa shape index (κ2) is 7.96. The van der Waals surface area contributed by atoms with Gasteiger partial charge in [0, 0.05) is 40.5 Å². The van der Waals surface area contributed by atoms with Crippen LogP contribution in [0.15, 0.2) is 76.5 Å². The van der Waals surface area contributed by atoms with Crippen molar-refractivity contribution in [3.8, 4) is 0 Å². The molecule has 0 bridgehead atoms. The molecule has 1 fully saturated rings. The van der Waals surface area contributed by atoms with Crippen LogP contribution >= 0.6 is 22.7 Å². The van der Waals surface area contributed by atoms with Gasteiger partial charge in [0.1, 0.15) is 0 Å². The van der Waals surface area contributed by atoms with Gasteiger partial charge in [-0.25, -0.2) is 0 Å². The van der Waals surface area contributed by atoms with Gasteiger partial charge in [0.2, 0.25) is 0 Å². The zero-order valence-corrected chi connectivity index (χ0v) is 15.9. The van der Waals surface area contributed by atoms with Crippen molar-refractivity contribution in [3.63, 3.8) is 0 Å². The highest BCUT2D eigenvalue weighted by atomic mass is 32.1. The monoisotopic (exact) mass is 377 g/mol. The highest BCUT2D eigenvalue weighted by Crippen LogP contribution is 2.25. The molecule has 4 rings (SSSR count). The van der Waals surface area contributed by atoms with E-state index in [0.717, 1.165) is 27.4 Å². The minimum atomic E-state index is 0.177. The van der Waals surface area contributed by atoms with Gasteiger partial charge in [-0.1, -0.05) is 42.5 Å². The topological polar surface area (TPSA) is 20.3 Å². The molecule has 26 heavy (non-hydrogen) atoms. The number of nitrogens with zero attached hydrogens (tertiary/aromatic N) is 1. The Labute approximate surface area is 161 Å². The molecule has 0 saturated carbocycles. The standard InChI is InChI=1S/C22H19NOS2/c24-22-18(12-20-8-4-10-25-20)15-23(14-17-6-2-1-3-7-17)16-19(22)13-21-9-5-11-26-21/h1-13H,14-16H2/b18-12+,19-13+. The second-order valence-electron chi connectivity index (χ2n) is 6.33. The van der Waals surface area contributed by atoms with Crippen molar-refractivity contribution in [2.24, 2.45) is 0 Å². The number of rotatable bonds is 4. The van der Waals surface area contributed by atoms with Crippen LogP contribution in [0.25, 0.3) is 12.2 Å². The van der Waals surface area contributed by atoms with Gasteiger partial charge in [0.15, 0.2) is 5.78 Å². The summed E-state index contributed by atoms with van der Waals surface area (Å²) < 4.78 is 0. The number of thiophene rings is 2. The zero-order valence-electron chi connectivity index (χ0n) is 14.3. The molecule has 1 aromatic carbocycles. The quantitative estimate of drug-likeness (QED) is 0.570. The molecule has 130 valence electrons. The third-order valence-electron chi connectivity index (χ3n) is 4.34. The number of likely N-dealkylation sites (tertiary alicyclic amines) is 1. The molecule has 2 nitrogen and oxygen atoms in total. The molecule has 2 aromatic heterocycles. The lowest BCUT2D eigenvalue weighted by atomic mass is 9.96. The molecular formula is C22H19NOS2. The van der Waals surface area contributed by atoms with Gasteiger partial charge in [-0.15, -0.1) is 22.7 Å². The average Bonchev–Trinajstić information content (AvgIpc) is 3.34. The highest BCUT2D eigenvalue weighted by molar-refractivity contribution is 7.11. The molecule has 4 heteroatoms. The van der Waals surface area contributed by atoms with Crippen LogP contribution in [0.5, 0.6) is 0 Å². The molecule has 0 unspecified atom stereocenters. The van der Waals surface area contributed by atoms with E-state index in [4.69, 9.17) is 0 Å². The predicted octanol–water partition coefficient (Wildman–Crippen LogP) is 5.36. The lowest BCUT2D eigenvalue weighted by Crippen LogP contribution is -2.37. The minimum Gasteiger partial charge on any atom is -0.290 e. The van der Waals surface area contributed by atoms with Crippen LogP contribution in [0.2, 0.25) is 0 Å². The van der Waals surface area contributed by atoms with Gasteiger partial charge in [-0.2, -0.15) is 0 Å². The molecule has 0 radical (unpaired) electrons. The first-order valence-corrected chi connectivity index (χ1v) is 10.3. The van der Waals surface area contributed by atoms with Crippen LogP contribution in [0, 0.1) is 0 Å². The molecule has 0 spiro atoms. The molecule has 1 saturated heterocycles. The van der Waals surface area contributed by atoms with E-state index in [0.29, 0.717) is 13.1 Å². The summed E-state index contributed by atoms with van der Waals surface area (Å²) in [6.07, 6.45) is 4.10. The van der Waals surface area contributed by atoms with Crippen molar-refractivity contribution in [2.45, 2.75) is 6.54 Å². The molecule has 0 N–H and O–H groups in total. The summed E-state index contributed by atoms with van der Waals surface area (Å²) in [7, 11) is 0. The Morgan fingerprint density at radius 3 is 1.88 bits per heavy atom. The van der Waals surface area contributed by atoms with Crippen LogP contribution < -0.4 is 0 Å². The number of hydrogen-bond acceptors (Lipinski definition) is 4. The maximum atomic E-state index is 13.0. The van der Waals surface area contributed by atoms with Crippen LogP contribution in [0.3, 0.4) is 0 Å². The third kappa shape index (κ3) is 4.10. The van der Waals surface area contributed by atoms with Gasteiger partial charge in [-0.05, 0) is 40.6 Å². The molecule has 3 aromatic rings. The van der Waals surface area contributed by atoms with Crippen molar-refractivity contribution >= 4 is 40.6 Å². The highest BCUT2D eigenvalue weighted by Gasteiger charge is 2.26. The molecule has 3 heterocycles. The molecule has 0 amide bonds. The number of Topliss-reactive ketones (excluding diaryl/α,β-unsaturated/α-hetero) is 1. The Morgan fingerprint density at radius 2 is 1.38 bits per heavy atom. The lowest BCUT2D eigenvalue weighted by Gasteiger charge is -2.29. The van der Waals surface area contributed by atoms with Crippen LogP contribution in [-0.2, 0) is 11.3 Å². The van der Waals surface area contributed by atoms with Crippen LogP contribution in [-0.4, -0.2) is 23.8 Å². The van der Waals surface area contributed by atoms with E-state index < -0.39 is 0 Å². The minimum absolute atomic E-state index is 0.177. The van der Waals surface area contributed by atoms with Gasteiger partial charge in [0.05, 0.1) is 0 Å². The van der Waals surface area contributed by atoms with E-state index in [1.165, 1.54) is 5.56 Å². The fraction of sp³-hybridized carbons (Fsp3) is 0.136. The maximum absolute atomic E-state index is 13.0. The number of ketones is 1. The van der Waals surface area contributed by atoms with E-state index >= 15 is 0 Å². The largest absolute Gasteiger partial charge is 0.290 e. The summed E-state index contributed by atoms with van der Waals surface area (Å²) in [5, 5.41) is 4.09. The van der Waals surface area contributed by atoms with Crippen molar-refractivity contribution in [2.75, 3.05) is 13.1 Å². The summed E-state index contributed by atoms with van der Waals surface area (Å²) in [5.41, 5.74) is 3.02.